The van der Waals surface area contributed by atoms with Crippen LogP contribution < -0.4 is 0 Å². The van der Waals surface area contributed by atoms with Crippen LogP contribution in [0.5, 0.6) is 0 Å². The topological polar surface area (TPSA) is 52.0 Å². The molecule has 1 aromatic rings. The van der Waals surface area contributed by atoms with Gasteiger partial charge in [0.15, 0.2) is 9.84 Å². The molecule has 0 saturated heterocycles. The van der Waals surface area contributed by atoms with Crippen LogP contribution in [0.25, 0.3) is 0 Å². The van der Waals surface area contributed by atoms with Gasteiger partial charge in [-0.25, -0.2) is 8.42 Å². The molecule has 0 atom stereocenters. The summed E-state index contributed by atoms with van der Waals surface area (Å²) >= 11 is 3.11. The van der Waals surface area contributed by atoms with Gasteiger partial charge in [-0.15, -0.1) is 0 Å². The Kier molecular flexibility index (Phi) is 2.06. The molecule has 11 heavy (non-hydrogen) atoms. The van der Waals surface area contributed by atoms with E-state index in [-0.39, 0.29) is 4.90 Å². The Balaban J connectivity index is 3.38. The van der Waals surface area contributed by atoms with Crippen LogP contribution in [-0.4, -0.2) is 24.5 Å². The van der Waals surface area contributed by atoms with Crippen LogP contribution in [-0.2, 0) is 16.9 Å². The van der Waals surface area contributed by atoms with Crippen LogP contribution in [0.15, 0.2) is 15.7 Å². The highest BCUT2D eigenvalue weighted by Crippen LogP contribution is 2.19. The summed E-state index contributed by atoms with van der Waals surface area (Å²) in [6.45, 7) is 0. The van der Waals surface area contributed by atoms with Gasteiger partial charge in [-0.1, -0.05) is 0 Å². The van der Waals surface area contributed by atoms with E-state index in [4.69, 9.17) is 0 Å². The monoisotopic (exact) mass is 238 g/mol. The molecule has 0 radical (unpaired) electrons. The number of sulfone groups is 1. The molecule has 0 aromatic carbocycles. The molecule has 1 heterocycles. The summed E-state index contributed by atoms with van der Waals surface area (Å²) in [4.78, 5) is 0.222. The van der Waals surface area contributed by atoms with Gasteiger partial charge in [0.25, 0.3) is 0 Å². The molecular weight excluding hydrogens is 232 g/mol. The van der Waals surface area contributed by atoms with Crippen molar-refractivity contribution < 1.29 is 8.42 Å². The molecule has 4 nitrogen and oxygen atoms in total. The third kappa shape index (κ3) is 1.62. The number of nitrogens with zero attached hydrogens (tertiary/aromatic N) is 2. The second-order valence-corrected chi connectivity index (χ2v) is 4.93. The lowest BCUT2D eigenvalue weighted by molar-refractivity contribution is 0.601. The third-order valence-electron chi connectivity index (χ3n) is 1.24. The summed E-state index contributed by atoms with van der Waals surface area (Å²) in [6, 6.07) is 0. The molecule has 0 aliphatic rings. The molecule has 0 aliphatic heterocycles. The van der Waals surface area contributed by atoms with E-state index in [0.717, 1.165) is 6.26 Å². The fraction of sp³-hybridized carbons (Fsp3) is 0.400. The maximum Gasteiger partial charge on any atom is 0.179 e. The van der Waals surface area contributed by atoms with E-state index in [1.807, 2.05) is 0 Å². The van der Waals surface area contributed by atoms with Gasteiger partial charge in [-0.05, 0) is 15.9 Å². The molecule has 0 N–H and O–H groups in total. The highest BCUT2D eigenvalue weighted by molar-refractivity contribution is 9.10. The molecule has 0 amide bonds. The van der Waals surface area contributed by atoms with Gasteiger partial charge in [-0.3, -0.25) is 4.68 Å². The highest BCUT2D eigenvalue weighted by Gasteiger charge is 2.14. The van der Waals surface area contributed by atoms with Crippen molar-refractivity contribution >= 4 is 25.8 Å². The lowest BCUT2D eigenvalue weighted by Gasteiger charge is -1.93. The highest BCUT2D eigenvalue weighted by atomic mass is 79.9. The number of aromatic nitrogens is 2. The zero-order chi connectivity index (χ0) is 8.65. The SMILES string of the molecule is Cn1ncc(S(C)(=O)=O)c1Br. The molecule has 1 rings (SSSR count). The molecule has 1 aromatic heterocycles. The molecule has 0 aliphatic carbocycles. The van der Waals surface area contributed by atoms with Gasteiger partial charge in [-0.2, -0.15) is 5.10 Å². The number of hydrogen-bond donors (Lipinski definition) is 0. The number of hydrogen-bond acceptors (Lipinski definition) is 3. The fourth-order valence-electron chi connectivity index (χ4n) is 0.651. The van der Waals surface area contributed by atoms with Crippen molar-refractivity contribution in [1.29, 1.82) is 0 Å². The Bertz CT molecular complexity index is 368. The average molecular weight is 239 g/mol. The Morgan fingerprint density at radius 2 is 2.18 bits per heavy atom. The quantitative estimate of drug-likeness (QED) is 0.720. The van der Waals surface area contributed by atoms with Crippen LogP contribution in [0.3, 0.4) is 0 Å². The molecule has 0 unspecified atom stereocenters. The molecule has 0 spiro atoms. The number of rotatable bonds is 1. The molecule has 0 saturated carbocycles. The molecule has 62 valence electrons. The maximum absolute atomic E-state index is 11.0. The summed E-state index contributed by atoms with van der Waals surface area (Å²) in [6.07, 6.45) is 2.47. The third-order valence-corrected chi connectivity index (χ3v) is 3.54. The minimum atomic E-state index is -3.14. The van der Waals surface area contributed by atoms with Crippen molar-refractivity contribution in [3.8, 4) is 0 Å². The summed E-state index contributed by atoms with van der Waals surface area (Å²) in [5.74, 6) is 0. The van der Waals surface area contributed by atoms with Crippen LogP contribution >= 0.6 is 15.9 Å². The van der Waals surface area contributed by atoms with E-state index in [1.165, 1.54) is 10.9 Å². The average Bonchev–Trinajstić information content (AvgIpc) is 2.11. The van der Waals surface area contributed by atoms with E-state index < -0.39 is 9.84 Å². The van der Waals surface area contributed by atoms with Gasteiger partial charge >= 0.3 is 0 Å². The van der Waals surface area contributed by atoms with Gasteiger partial charge in [0.05, 0.1) is 6.20 Å². The van der Waals surface area contributed by atoms with E-state index in [1.54, 1.807) is 7.05 Å². The van der Waals surface area contributed by atoms with Crippen LogP contribution in [0.4, 0.5) is 0 Å². The molecule has 6 heteroatoms. The Morgan fingerprint density at radius 1 is 1.64 bits per heavy atom. The Hall–Kier alpha value is -0.360. The fourth-order valence-corrected chi connectivity index (χ4v) is 2.40. The summed E-state index contributed by atoms with van der Waals surface area (Å²) in [7, 11) is -1.48. The zero-order valence-electron chi connectivity index (χ0n) is 6.07. The summed E-state index contributed by atoms with van der Waals surface area (Å²) in [5.41, 5.74) is 0. The van der Waals surface area contributed by atoms with Crippen molar-refractivity contribution in [3.05, 3.63) is 10.8 Å². The first-order chi connectivity index (χ1) is 4.93. The number of halogens is 1. The van der Waals surface area contributed by atoms with Crippen molar-refractivity contribution in [3.63, 3.8) is 0 Å². The normalized spacial score (nSPS) is 11.9. The minimum absolute atomic E-state index is 0.222. The van der Waals surface area contributed by atoms with E-state index in [9.17, 15) is 8.42 Å². The first-order valence-corrected chi connectivity index (χ1v) is 5.49. The van der Waals surface area contributed by atoms with Crippen molar-refractivity contribution in [1.82, 2.24) is 9.78 Å². The van der Waals surface area contributed by atoms with Crippen molar-refractivity contribution in [2.45, 2.75) is 4.90 Å². The van der Waals surface area contributed by atoms with Crippen LogP contribution in [0, 0.1) is 0 Å². The minimum Gasteiger partial charge on any atom is -0.260 e. The Morgan fingerprint density at radius 3 is 2.36 bits per heavy atom. The predicted molar refractivity (Wildman–Crippen MR) is 44.0 cm³/mol. The maximum atomic E-state index is 11.0. The Labute approximate surface area is 73.3 Å². The molecule has 0 bridgehead atoms. The van der Waals surface area contributed by atoms with Gasteiger partial charge in [0.1, 0.15) is 9.50 Å². The van der Waals surface area contributed by atoms with E-state index in [0.29, 0.717) is 4.60 Å². The molecule has 0 fully saturated rings. The lowest BCUT2D eigenvalue weighted by atomic mass is 10.7. The lowest BCUT2D eigenvalue weighted by Crippen LogP contribution is -1.97. The van der Waals surface area contributed by atoms with Gasteiger partial charge in [0.2, 0.25) is 0 Å². The summed E-state index contributed by atoms with van der Waals surface area (Å²) in [5, 5.41) is 3.77. The van der Waals surface area contributed by atoms with E-state index >= 15 is 0 Å². The van der Waals surface area contributed by atoms with Crippen molar-refractivity contribution in [2.24, 2.45) is 7.05 Å². The zero-order valence-corrected chi connectivity index (χ0v) is 8.48. The molecular formula is C5H7BrN2O2S. The second kappa shape index (κ2) is 2.60. The number of aryl methyl sites for hydroxylation is 1. The first kappa shape index (κ1) is 8.73. The predicted octanol–water partition coefficient (Wildman–Crippen LogP) is 0.586. The second-order valence-electron chi connectivity index (χ2n) is 2.20. The largest absolute Gasteiger partial charge is 0.260 e. The first-order valence-electron chi connectivity index (χ1n) is 2.80. The van der Waals surface area contributed by atoms with Gasteiger partial charge in [0, 0.05) is 13.3 Å². The smallest absolute Gasteiger partial charge is 0.179 e. The summed E-state index contributed by atoms with van der Waals surface area (Å²) < 4.78 is 23.9. The van der Waals surface area contributed by atoms with Crippen LogP contribution in [0.2, 0.25) is 0 Å². The van der Waals surface area contributed by atoms with E-state index in [2.05, 4.69) is 21.0 Å². The van der Waals surface area contributed by atoms with Crippen molar-refractivity contribution in [2.75, 3.05) is 6.26 Å². The van der Waals surface area contributed by atoms with Crippen LogP contribution in [0.1, 0.15) is 0 Å². The van der Waals surface area contributed by atoms with Gasteiger partial charge < -0.3 is 0 Å². The standard InChI is InChI=1S/C5H7BrN2O2S/c1-8-5(6)4(3-7-8)11(2,9)10/h3H,1-2H3.